The molecule has 1 aromatic carbocycles. The Morgan fingerprint density at radius 2 is 2.19 bits per heavy atom. The lowest BCUT2D eigenvalue weighted by Crippen LogP contribution is -2.13. The number of nitrogen functional groups attached to an aromatic ring is 1. The molecule has 1 unspecified atom stereocenters. The third kappa shape index (κ3) is 3.33. The highest BCUT2D eigenvalue weighted by atomic mass is 19.1. The average Bonchev–Trinajstić information content (AvgIpc) is 2.25. The van der Waals surface area contributed by atoms with Crippen LogP contribution in [-0.2, 0) is 6.42 Å². The van der Waals surface area contributed by atoms with Crippen molar-refractivity contribution in [2.75, 3.05) is 0 Å². The SMILES string of the molecule is CCC(C)CCc1ccc(C(=N)N)c(F)c1. The normalized spacial score (nSPS) is 12.4. The molecule has 0 spiro atoms. The van der Waals surface area contributed by atoms with Crippen molar-refractivity contribution in [2.24, 2.45) is 11.7 Å². The van der Waals surface area contributed by atoms with Crippen LogP contribution < -0.4 is 5.73 Å². The fraction of sp³-hybridized carbons (Fsp3) is 0.462. The molecule has 0 aliphatic carbocycles. The number of nitrogens with two attached hydrogens (primary N) is 1. The van der Waals surface area contributed by atoms with Crippen molar-refractivity contribution in [1.29, 1.82) is 5.41 Å². The van der Waals surface area contributed by atoms with Gasteiger partial charge in [-0.1, -0.05) is 26.3 Å². The van der Waals surface area contributed by atoms with E-state index in [1.807, 2.05) is 6.07 Å². The molecular weight excluding hydrogens is 203 g/mol. The maximum absolute atomic E-state index is 13.5. The summed E-state index contributed by atoms with van der Waals surface area (Å²) in [6, 6.07) is 4.92. The molecule has 3 N–H and O–H groups in total. The number of aryl methyl sites for hydroxylation is 1. The minimum Gasteiger partial charge on any atom is -0.384 e. The second kappa shape index (κ2) is 5.64. The number of amidine groups is 1. The summed E-state index contributed by atoms with van der Waals surface area (Å²) in [5.41, 5.74) is 6.41. The summed E-state index contributed by atoms with van der Waals surface area (Å²) in [5.74, 6) is 0.0515. The number of benzene rings is 1. The van der Waals surface area contributed by atoms with E-state index in [9.17, 15) is 4.39 Å². The Kier molecular flexibility index (Phi) is 4.47. The average molecular weight is 222 g/mol. The summed E-state index contributed by atoms with van der Waals surface area (Å²) >= 11 is 0. The van der Waals surface area contributed by atoms with E-state index >= 15 is 0 Å². The molecule has 88 valence electrons. The molecule has 3 heteroatoms. The van der Waals surface area contributed by atoms with Crippen LogP contribution in [0.1, 0.15) is 37.8 Å². The van der Waals surface area contributed by atoms with Crippen LogP contribution in [0.25, 0.3) is 0 Å². The fourth-order valence-electron chi connectivity index (χ4n) is 1.55. The zero-order chi connectivity index (χ0) is 12.1. The van der Waals surface area contributed by atoms with E-state index in [4.69, 9.17) is 11.1 Å². The molecule has 16 heavy (non-hydrogen) atoms. The highest BCUT2D eigenvalue weighted by molar-refractivity contribution is 5.95. The maximum atomic E-state index is 13.5. The minimum absolute atomic E-state index is 0.187. The van der Waals surface area contributed by atoms with Gasteiger partial charge in [0.1, 0.15) is 11.7 Å². The monoisotopic (exact) mass is 222 g/mol. The topological polar surface area (TPSA) is 49.9 Å². The summed E-state index contributed by atoms with van der Waals surface area (Å²) in [5, 5.41) is 7.18. The van der Waals surface area contributed by atoms with E-state index in [1.54, 1.807) is 6.07 Å². The summed E-state index contributed by atoms with van der Waals surface area (Å²) < 4.78 is 13.5. The van der Waals surface area contributed by atoms with Gasteiger partial charge >= 0.3 is 0 Å². The molecular formula is C13H19FN2. The van der Waals surface area contributed by atoms with Gasteiger partial charge in [0.05, 0.1) is 5.56 Å². The zero-order valence-electron chi connectivity index (χ0n) is 9.89. The summed E-state index contributed by atoms with van der Waals surface area (Å²) in [6.45, 7) is 4.35. The Morgan fingerprint density at radius 3 is 2.69 bits per heavy atom. The van der Waals surface area contributed by atoms with E-state index < -0.39 is 5.82 Å². The van der Waals surface area contributed by atoms with E-state index in [0.717, 1.165) is 24.8 Å². The summed E-state index contributed by atoms with van der Waals surface area (Å²) in [4.78, 5) is 0. The predicted octanol–water partition coefficient (Wildman–Crippen LogP) is 3.09. The molecule has 1 aromatic rings. The highest BCUT2D eigenvalue weighted by Crippen LogP contribution is 2.15. The minimum atomic E-state index is -0.394. The van der Waals surface area contributed by atoms with Crippen molar-refractivity contribution in [2.45, 2.75) is 33.1 Å². The summed E-state index contributed by atoms with van der Waals surface area (Å²) in [6.07, 6.45) is 3.09. The zero-order valence-corrected chi connectivity index (χ0v) is 9.89. The number of hydrogen-bond acceptors (Lipinski definition) is 1. The molecule has 1 atom stereocenters. The maximum Gasteiger partial charge on any atom is 0.134 e. The predicted molar refractivity (Wildman–Crippen MR) is 65.2 cm³/mol. The van der Waals surface area contributed by atoms with Crippen LogP contribution >= 0.6 is 0 Å². The van der Waals surface area contributed by atoms with Crippen LogP contribution in [0.4, 0.5) is 4.39 Å². The smallest absolute Gasteiger partial charge is 0.134 e. The van der Waals surface area contributed by atoms with E-state index in [0.29, 0.717) is 5.92 Å². The Balaban J connectivity index is 2.70. The van der Waals surface area contributed by atoms with Gasteiger partial charge in [0.2, 0.25) is 0 Å². The van der Waals surface area contributed by atoms with Gasteiger partial charge in [-0.25, -0.2) is 4.39 Å². The molecule has 1 rings (SSSR count). The van der Waals surface area contributed by atoms with Crippen molar-refractivity contribution >= 4 is 5.84 Å². The Morgan fingerprint density at radius 1 is 1.50 bits per heavy atom. The van der Waals surface area contributed by atoms with Crippen LogP contribution in [0.3, 0.4) is 0 Å². The molecule has 0 aliphatic heterocycles. The van der Waals surface area contributed by atoms with Gasteiger partial charge in [0.15, 0.2) is 0 Å². The second-order valence-electron chi connectivity index (χ2n) is 4.28. The first kappa shape index (κ1) is 12.7. The van der Waals surface area contributed by atoms with Gasteiger partial charge < -0.3 is 5.73 Å². The molecule has 0 aliphatic rings. The number of halogens is 1. The quantitative estimate of drug-likeness (QED) is 0.583. The Hall–Kier alpha value is -1.38. The molecule has 0 radical (unpaired) electrons. The second-order valence-corrected chi connectivity index (χ2v) is 4.28. The van der Waals surface area contributed by atoms with E-state index in [-0.39, 0.29) is 11.4 Å². The Bertz CT molecular complexity index is 374. The lowest BCUT2D eigenvalue weighted by atomic mass is 9.98. The number of nitrogens with one attached hydrogen (secondary N) is 1. The van der Waals surface area contributed by atoms with Gasteiger partial charge in [-0.2, -0.15) is 0 Å². The Labute approximate surface area is 96.2 Å². The van der Waals surface area contributed by atoms with Crippen molar-refractivity contribution in [3.05, 3.63) is 35.1 Å². The van der Waals surface area contributed by atoms with Gasteiger partial charge in [0.25, 0.3) is 0 Å². The van der Waals surface area contributed by atoms with Crippen LogP contribution in [0.2, 0.25) is 0 Å². The van der Waals surface area contributed by atoms with Gasteiger partial charge in [-0.3, -0.25) is 5.41 Å². The molecule has 0 aromatic heterocycles. The largest absolute Gasteiger partial charge is 0.384 e. The van der Waals surface area contributed by atoms with Crippen molar-refractivity contribution < 1.29 is 4.39 Å². The van der Waals surface area contributed by atoms with Crippen molar-refractivity contribution in [1.82, 2.24) is 0 Å². The first-order valence-corrected chi connectivity index (χ1v) is 5.67. The molecule has 0 amide bonds. The molecule has 0 bridgehead atoms. The molecule has 0 heterocycles. The summed E-state index contributed by atoms with van der Waals surface area (Å²) in [7, 11) is 0. The molecule has 0 saturated heterocycles. The third-order valence-corrected chi connectivity index (χ3v) is 2.95. The molecule has 2 nitrogen and oxygen atoms in total. The van der Waals surface area contributed by atoms with Crippen LogP contribution in [0.15, 0.2) is 18.2 Å². The number of rotatable bonds is 5. The fourth-order valence-corrected chi connectivity index (χ4v) is 1.55. The highest BCUT2D eigenvalue weighted by Gasteiger charge is 2.07. The van der Waals surface area contributed by atoms with Crippen molar-refractivity contribution in [3.8, 4) is 0 Å². The molecule has 0 fully saturated rings. The molecule has 0 saturated carbocycles. The van der Waals surface area contributed by atoms with Gasteiger partial charge in [-0.05, 0) is 36.5 Å². The standard InChI is InChI=1S/C13H19FN2/c1-3-9(2)4-5-10-6-7-11(13(15)16)12(14)8-10/h6-9H,3-5H2,1-2H3,(H3,15,16). The van der Waals surface area contributed by atoms with Gasteiger partial charge in [-0.15, -0.1) is 0 Å². The number of hydrogen-bond donors (Lipinski definition) is 2. The lowest BCUT2D eigenvalue weighted by molar-refractivity contribution is 0.515. The van der Waals surface area contributed by atoms with E-state index in [1.165, 1.54) is 6.07 Å². The third-order valence-electron chi connectivity index (χ3n) is 2.95. The van der Waals surface area contributed by atoms with Crippen LogP contribution in [0, 0.1) is 17.1 Å². The first-order valence-electron chi connectivity index (χ1n) is 5.67. The van der Waals surface area contributed by atoms with Gasteiger partial charge in [0, 0.05) is 0 Å². The first-order chi connectivity index (χ1) is 7.54. The lowest BCUT2D eigenvalue weighted by Gasteiger charge is -2.09. The van der Waals surface area contributed by atoms with Crippen molar-refractivity contribution in [3.63, 3.8) is 0 Å². The van der Waals surface area contributed by atoms with Crippen LogP contribution in [0.5, 0.6) is 0 Å². The van der Waals surface area contributed by atoms with E-state index in [2.05, 4.69) is 13.8 Å². The van der Waals surface area contributed by atoms with Crippen LogP contribution in [-0.4, -0.2) is 5.84 Å².